The first-order valence-electron chi connectivity index (χ1n) is 9.27. The molecule has 144 valence electrons. The number of carbonyl (C=O) groups is 1. The second-order valence-electron chi connectivity index (χ2n) is 7.59. The lowest BCUT2D eigenvalue weighted by Gasteiger charge is -2.31. The molecule has 0 spiro atoms. The van der Waals surface area contributed by atoms with Crippen LogP contribution in [0.25, 0.3) is 0 Å². The van der Waals surface area contributed by atoms with E-state index in [2.05, 4.69) is 5.10 Å². The van der Waals surface area contributed by atoms with Crippen molar-refractivity contribution < 1.29 is 9.18 Å². The zero-order valence-corrected chi connectivity index (χ0v) is 15.6. The number of hydrogen-bond donors (Lipinski definition) is 0. The minimum Gasteiger partial charge on any atom is -0.338 e. The number of likely N-dealkylation sites (tertiary alicyclic amines) is 1. The van der Waals surface area contributed by atoms with Crippen molar-refractivity contribution in [1.29, 1.82) is 0 Å². The molecule has 8 heteroatoms. The first kappa shape index (κ1) is 17.9. The van der Waals surface area contributed by atoms with Gasteiger partial charge in [-0.05, 0) is 26.0 Å². The van der Waals surface area contributed by atoms with E-state index in [0.29, 0.717) is 38.4 Å². The van der Waals surface area contributed by atoms with Crippen LogP contribution < -0.4 is 5.69 Å². The van der Waals surface area contributed by atoms with Gasteiger partial charge in [-0.1, -0.05) is 29.8 Å². The van der Waals surface area contributed by atoms with Crippen LogP contribution in [0.5, 0.6) is 0 Å². The van der Waals surface area contributed by atoms with Crippen molar-refractivity contribution >= 4 is 5.91 Å². The van der Waals surface area contributed by atoms with Gasteiger partial charge >= 0.3 is 5.69 Å². The van der Waals surface area contributed by atoms with E-state index in [4.69, 9.17) is 0 Å². The van der Waals surface area contributed by atoms with E-state index in [1.54, 1.807) is 0 Å². The zero-order valence-electron chi connectivity index (χ0n) is 15.6. The Bertz CT molecular complexity index is 904. The standard InChI is InChI=1S/C19H24FN5O2/c1-13-3-5-14(6-4-13)9-24-19(27)25-16(11-22(2)12-17(25)21-24)18(26)23-8-7-15(20)10-23/h3-6,15-16H,7-12H2,1-2H3/t15-,16?/m0/s1. The third kappa shape index (κ3) is 3.41. The Labute approximate surface area is 157 Å². The van der Waals surface area contributed by atoms with E-state index >= 15 is 0 Å². The van der Waals surface area contributed by atoms with Crippen LogP contribution in [0, 0.1) is 6.92 Å². The number of carbonyl (C=O) groups excluding carboxylic acids is 1. The Morgan fingerprint density at radius 2 is 2.00 bits per heavy atom. The summed E-state index contributed by atoms with van der Waals surface area (Å²) < 4.78 is 16.5. The normalized spacial score (nSPS) is 22.9. The molecular formula is C19H24FN5O2. The highest BCUT2D eigenvalue weighted by atomic mass is 19.1. The molecule has 1 aromatic carbocycles. The number of amides is 1. The van der Waals surface area contributed by atoms with Gasteiger partial charge in [0.15, 0.2) is 0 Å². The molecule has 2 aliphatic heterocycles. The van der Waals surface area contributed by atoms with E-state index in [1.165, 1.54) is 14.1 Å². The fourth-order valence-corrected chi connectivity index (χ4v) is 3.86. The molecule has 2 atom stereocenters. The Kier molecular flexibility index (Phi) is 4.59. The van der Waals surface area contributed by atoms with Crippen LogP contribution in [0.2, 0.25) is 0 Å². The maximum atomic E-state index is 13.5. The first-order chi connectivity index (χ1) is 12.9. The number of likely N-dealkylation sites (N-methyl/N-ethyl adjacent to an activating group) is 1. The molecule has 1 fully saturated rings. The van der Waals surface area contributed by atoms with E-state index in [0.717, 1.165) is 11.1 Å². The molecule has 0 saturated carbocycles. The van der Waals surface area contributed by atoms with E-state index in [-0.39, 0.29) is 18.1 Å². The maximum Gasteiger partial charge on any atom is 0.347 e. The van der Waals surface area contributed by atoms with Crippen LogP contribution in [0.1, 0.15) is 29.4 Å². The summed E-state index contributed by atoms with van der Waals surface area (Å²) in [4.78, 5) is 29.4. The molecule has 1 unspecified atom stereocenters. The van der Waals surface area contributed by atoms with Crippen molar-refractivity contribution in [1.82, 2.24) is 24.1 Å². The van der Waals surface area contributed by atoms with Gasteiger partial charge in [-0.3, -0.25) is 14.3 Å². The van der Waals surface area contributed by atoms with Gasteiger partial charge in [-0.2, -0.15) is 5.10 Å². The molecule has 1 aromatic heterocycles. The molecule has 0 bridgehead atoms. The number of fused-ring (bicyclic) bond motifs is 1. The summed E-state index contributed by atoms with van der Waals surface area (Å²) in [5, 5.41) is 4.47. The molecule has 0 aliphatic carbocycles. The Balaban J connectivity index is 1.65. The number of hydrogen-bond acceptors (Lipinski definition) is 4. The average molecular weight is 373 g/mol. The Hall–Kier alpha value is -2.48. The summed E-state index contributed by atoms with van der Waals surface area (Å²) in [6.45, 7) is 3.82. The lowest BCUT2D eigenvalue weighted by molar-refractivity contribution is -0.135. The third-order valence-corrected chi connectivity index (χ3v) is 5.33. The van der Waals surface area contributed by atoms with Crippen LogP contribution in [0.3, 0.4) is 0 Å². The maximum absolute atomic E-state index is 13.5. The molecular weight excluding hydrogens is 349 g/mol. The lowest BCUT2D eigenvalue weighted by atomic mass is 10.1. The predicted molar refractivity (Wildman–Crippen MR) is 98.2 cm³/mol. The first-order valence-corrected chi connectivity index (χ1v) is 9.27. The van der Waals surface area contributed by atoms with Gasteiger partial charge in [0, 0.05) is 13.1 Å². The molecule has 7 nitrogen and oxygen atoms in total. The topological polar surface area (TPSA) is 63.4 Å². The number of nitrogens with zero attached hydrogens (tertiary/aromatic N) is 5. The largest absolute Gasteiger partial charge is 0.347 e. The van der Waals surface area contributed by atoms with Crippen molar-refractivity contribution in [2.24, 2.45) is 0 Å². The summed E-state index contributed by atoms with van der Waals surface area (Å²) in [7, 11) is 1.90. The van der Waals surface area contributed by atoms with Gasteiger partial charge in [0.25, 0.3) is 0 Å². The molecule has 3 heterocycles. The SMILES string of the molecule is Cc1ccc(Cn2nc3n(c2=O)C(C(=O)N2CC[C@H](F)C2)CN(C)C3)cc1. The van der Waals surface area contributed by atoms with Gasteiger partial charge in [-0.15, -0.1) is 0 Å². The fourth-order valence-electron chi connectivity index (χ4n) is 3.86. The van der Waals surface area contributed by atoms with Gasteiger partial charge in [0.2, 0.25) is 5.91 Å². The molecule has 4 rings (SSSR count). The highest BCUT2D eigenvalue weighted by Crippen LogP contribution is 2.22. The van der Waals surface area contributed by atoms with Crippen LogP contribution in [0.4, 0.5) is 4.39 Å². The van der Waals surface area contributed by atoms with E-state index in [1.807, 2.05) is 43.1 Å². The molecule has 0 radical (unpaired) electrons. The van der Waals surface area contributed by atoms with Crippen molar-refractivity contribution in [3.05, 3.63) is 51.7 Å². The van der Waals surface area contributed by atoms with Crippen molar-refractivity contribution in [2.75, 3.05) is 26.7 Å². The van der Waals surface area contributed by atoms with Crippen molar-refractivity contribution in [3.8, 4) is 0 Å². The zero-order chi connectivity index (χ0) is 19.1. The van der Waals surface area contributed by atoms with Crippen LogP contribution in [-0.2, 0) is 17.9 Å². The van der Waals surface area contributed by atoms with E-state index < -0.39 is 12.2 Å². The van der Waals surface area contributed by atoms with Gasteiger partial charge in [0.05, 0.1) is 19.6 Å². The summed E-state index contributed by atoms with van der Waals surface area (Å²) in [5.41, 5.74) is 1.85. The number of aromatic nitrogens is 3. The van der Waals surface area contributed by atoms with Crippen molar-refractivity contribution in [2.45, 2.75) is 38.6 Å². The third-order valence-electron chi connectivity index (χ3n) is 5.33. The number of benzene rings is 1. The van der Waals surface area contributed by atoms with Crippen molar-refractivity contribution in [3.63, 3.8) is 0 Å². The summed E-state index contributed by atoms with van der Waals surface area (Å²) in [6, 6.07) is 7.29. The highest BCUT2D eigenvalue weighted by Gasteiger charge is 2.37. The number of rotatable bonds is 3. The molecule has 2 aromatic rings. The van der Waals surface area contributed by atoms with Crippen LogP contribution >= 0.6 is 0 Å². The average Bonchev–Trinajstić information content (AvgIpc) is 3.19. The fraction of sp³-hybridized carbons (Fsp3) is 0.526. The minimum atomic E-state index is -0.976. The summed E-state index contributed by atoms with van der Waals surface area (Å²) >= 11 is 0. The number of aryl methyl sites for hydroxylation is 1. The second-order valence-corrected chi connectivity index (χ2v) is 7.59. The Morgan fingerprint density at radius 1 is 1.26 bits per heavy atom. The molecule has 27 heavy (non-hydrogen) atoms. The molecule has 1 amide bonds. The lowest BCUT2D eigenvalue weighted by Crippen LogP contribution is -2.47. The van der Waals surface area contributed by atoms with Crippen LogP contribution in [0.15, 0.2) is 29.1 Å². The Morgan fingerprint density at radius 3 is 2.67 bits per heavy atom. The van der Waals surface area contributed by atoms with Gasteiger partial charge in [0.1, 0.15) is 18.0 Å². The van der Waals surface area contributed by atoms with E-state index in [9.17, 15) is 14.0 Å². The molecule has 0 N–H and O–H groups in total. The number of alkyl halides is 1. The van der Waals surface area contributed by atoms with Gasteiger partial charge < -0.3 is 4.90 Å². The highest BCUT2D eigenvalue weighted by molar-refractivity contribution is 5.81. The quantitative estimate of drug-likeness (QED) is 0.804. The molecule has 2 aliphatic rings. The summed E-state index contributed by atoms with van der Waals surface area (Å²) in [5.74, 6) is 0.384. The minimum absolute atomic E-state index is 0.112. The van der Waals surface area contributed by atoms with Gasteiger partial charge in [-0.25, -0.2) is 13.9 Å². The monoisotopic (exact) mass is 373 g/mol. The van der Waals surface area contributed by atoms with Crippen LogP contribution in [-0.4, -0.2) is 62.9 Å². The summed E-state index contributed by atoms with van der Waals surface area (Å²) in [6.07, 6.45) is -0.612. The smallest absolute Gasteiger partial charge is 0.338 e. The number of halogens is 1. The second kappa shape index (κ2) is 6.92. The molecule has 1 saturated heterocycles. The predicted octanol–water partition coefficient (Wildman–Crippen LogP) is 0.958.